The Labute approximate surface area is 118 Å². The van der Waals surface area contributed by atoms with Crippen molar-refractivity contribution in [3.05, 3.63) is 51.6 Å². The number of nitrogen functional groups attached to an aromatic ring is 1. The number of primary amides is 1. The maximum absolute atomic E-state index is 11.3. The fourth-order valence-corrected chi connectivity index (χ4v) is 2.00. The highest BCUT2D eigenvalue weighted by Gasteiger charge is 2.10. The third kappa shape index (κ3) is 2.92. The van der Waals surface area contributed by atoms with E-state index in [1.807, 2.05) is 18.2 Å². The largest absolute Gasteiger partial charge is 0.456 e. The summed E-state index contributed by atoms with van der Waals surface area (Å²) in [6.45, 7) is 0. The number of benzene rings is 2. The van der Waals surface area contributed by atoms with Gasteiger partial charge in [0.25, 0.3) is 5.91 Å². The molecular formula is C13H11IN2O2. The van der Waals surface area contributed by atoms with Crippen LogP contribution in [0.25, 0.3) is 0 Å². The first-order valence-corrected chi connectivity index (χ1v) is 6.27. The Morgan fingerprint density at radius 3 is 2.61 bits per heavy atom. The van der Waals surface area contributed by atoms with E-state index < -0.39 is 5.91 Å². The molecule has 0 aliphatic rings. The average molecular weight is 354 g/mol. The number of hydrogen-bond donors (Lipinski definition) is 2. The van der Waals surface area contributed by atoms with Crippen molar-refractivity contribution in [2.75, 3.05) is 5.73 Å². The summed E-state index contributed by atoms with van der Waals surface area (Å²) in [4.78, 5) is 11.3. The third-order valence-corrected chi connectivity index (χ3v) is 2.97. The Bertz CT molecular complexity index is 599. The van der Waals surface area contributed by atoms with Crippen LogP contribution in [0.1, 0.15) is 10.4 Å². The van der Waals surface area contributed by atoms with Crippen LogP contribution in [0.3, 0.4) is 0 Å². The number of anilines is 1. The zero-order chi connectivity index (χ0) is 13.1. The summed E-state index contributed by atoms with van der Waals surface area (Å²) in [5, 5.41) is 0. The number of halogens is 1. The third-order valence-electron chi connectivity index (χ3n) is 2.30. The van der Waals surface area contributed by atoms with Crippen LogP contribution >= 0.6 is 22.6 Å². The van der Waals surface area contributed by atoms with Crippen molar-refractivity contribution >= 4 is 34.2 Å². The summed E-state index contributed by atoms with van der Waals surface area (Å²) in [6.07, 6.45) is 0. The van der Waals surface area contributed by atoms with E-state index in [0.29, 0.717) is 22.7 Å². The predicted octanol–water partition coefficient (Wildman–Crippen LogP) is 2.76. The van der Waals surface area contributed by atoms with Gasteiger partial charge in [-0.2, -0.15) is 0 Å². The first kappa shape index (κ1) is 12.7. The number of ether oxygens (including phenoxy) is 1. The lowest BCUT2D eigenvalue weighted by molar-refractivity contribution is 0.0998. The van der Waals surface area contributed by atoms with Crippen LogP contribution in [-0.2, 0) is 0 Å². The van der Waals surface area contributed by atoms with Crippen LogP contribution in [0, 0.1) is 3.57 Å². The van der Waals surface area contributed by atoms with Gasteiger partial charge in [-0.3, -0.25) is 4.79 Å². The second kappa shape index (κ2) is 5.26. The second-order valence-electron chi connectivity index (χ2n) is 3.68. The van der Waals surface area contributed by atoms with Crippen molar-refractivity contribution in [3.63, 3.8) is 0 Å². The number of hydrogen-bond acceptors (Lipinski definition) is 3. The predicted molar refractivity (Wildman–Crippen MR) is 78.6 cm³/mol. The lowest BCUT2D eigenvalue weighted by Gasteiger charge is -2.10. The molecule has 4 nitrogen and oxygen atoms in total. The summed E-state index contributed by atoms with van der Waals surface area (Å²) in [5.41, 5.74) is 11.8. The minimum atomic E-state index is -0.546. The van der Waals surface area contributed by atoms with Crippen molar-refractivity contribution < 1.29 is 9.53 Å². The van der Waals surface area contributed by atoms with Crippen molar-refractivity contribution in [1.29, 1.82) is 0 Å². The molecule has 0 aliphatic heterocycles. The van der Waals surface area contributed by atoms with Crippen LogP contribution in [0.15, 0.2) is 42.5 Å². The van der Waals surface area contributed by atoms with Crippen LogP contribution in [0.2, 0.25) is 0 Å². The Morgan fingerprint density at radius 1 is 1.17 bits per heavy atom. The summed E-state index contributed by atoms with van der Waals surface area (Å²) >= 11 is 2.18. The number of rotatable bonds is 3. The fraction of sp³-hybridized carbons (Fsp3) is 0. The Hall–Kier alpha value is -1.76. The Balaban J connectivity index is 2.39. The minimum absolute atomic E-state index is 0.308. The molecule has 18 heavy (non-hydrogen) atoms. The molecule has 4 N–H and O–H groups in total. The number of nitrogens with two attached hydrogens (primary N) is 2. The SMILES string of the molecule is NC(=O)c1ccc(N)cc1Oc1cccc(I)c1. The van der Waals surface area contributed by atoms with E-state index in [0.717, 1.165) is 3.57 Å². The molecule has 92 valence electrons. The zero-order valence-electron chi connectivity index (χ0n) is 9.39. The lowest BCUT2D eigenvalue weighted by atomic mass is 10.1. The van der Waals surface area contributed by atoms with Gasteiger partial charge in [0.1, 0.15) is 11.5 Å². The molecule has 0 saturated carbocycles. The molecule has 2 aromatic rings. The van der Waals surface area contributed by atoms with Gasteiger partial charge in [-0.25, -0.2) is 0 Å². The highest BCUT2D eigenvalue weighted by atomic mass is 127. The van der Waals surface area contributed by atoms with Crippen molar-refractivity contribution in [2.45, 2.75) is 0 Å². The standard InChI is InChI=1S/C13H11IN2O2/c14-8-2-1-3-10(6-8)18-12-7-9(15)4-5-11(12)13(16)17/h1-7H,15H2,(H2,16,17). The molecule has 2 aromatic carbocycles. The zero-order valence-corrected chi connectivity index (χ0v) is 11.5. The summed E-state index contributed by atoms with van der Waals surface area (Å²) in [6, 6.07) is 12.2. The molecule has 2 rings (SSSR count). The minimum Gasteiger partial charge on any atom is -0.456 e. The number of carbonyl (C=O) groups is 1. The van der Waals surface area contributed by atoms with E-state index in [2.05, 4.69) is 22.6 Å². The molecule has 0 radical (unpaired) electrons. The molecule has 0 heterocycles. The first-order chi connectivity index (χ1) is 8.56. The van der Waals surface area contributed by atoms with Crippen molar-refractivity contribution in [1.82, 2.24) is 0 Å². The lowest BCUT2D eigenvalue weighted by Crippen LogP contribution is -2.12. The molecule has 0 fully saturated rings. The molecule has 0 spiro atoms. The van der Waals surface area contributed by atoms with Gasteiger partial charge in [0.15, 0.2) is 0 Å². The fourth-order valence-electron chi connectivity index (χ4n) is 1.48. The molecule has 5 heteroatoms. The molecule has 0 unspecified atom stereocenters. The average Bonchev–Trinajstić information content (AvgIpc) is 2.28. The maximum Gasteiger partial charge on any atom is 0.252 e. The topological polar surface area (TPSA) is 78.3 Å². The van der Waals surface area contributed by atoms with Gasteiger partial charge in [-0.1, -0.05) is 6.07 Å². The van der Waals surface area contributed by atoms with Crippen LogP contribution < -0.4 is 16.2 Å². The Kier molecular flexibility index (Phi) is 3.71. The van der Waals surface area contributed by atoms with Crippen molar-refractivity contribution in [2.24, 2.45) is 5.73 Å². The van der Waals surface area contributed by atoms with Gasteiger partial charge >= 0.3 is 0 Å². The molecule has 0 bridgehead atoms. The van der Waals surface area contributed by atoms with E-state index in [9.17, 15) is 4.79 Å². The first-order valence-electron chi connectivity index (χ1n) is 5.19. The van der Waals surface area contributed by atoms with Gasteiger partial charge in [-0.15, -0.1) is 0 Å². The molecule has 0 aromatic heterocycles. The van der Waals surface area contributed by atoms with E-state index in [1.165, 1.54) is 0 Å². The van der Waals surface area contributed by atoms with E-state index in [-0.39, 0.29) is 0 Å². The summed E-state index contributed by atoms with van der Waals surface area (Å²) < 4.78 is 6.68. The summed E-state index contributed by atoms with van der Waals surface area (Å²) in [5.74, 6) is 0.454. The van der Waals surface area contributed by atoms with E-state index in [1.54, 1.807) is 24.3 Å². The van der Waals surface area contributed by atoms with E-state index in [4.69, 9.17) is 16.2 Å². The molecule has 0 aliphatic carbocycles. The Morgan fingerprint density at radius 2 is 1.94 bits per heavy atom. The van der Waals surface area contributed by atoms with Crippen molar-refractivity contribution in [3.8, 4) is 11.5 Å². The smallest absolute Gasteiger partial charge is 0.252 e. The summed E-state index contributed by atoms with van der Waals surface area (Å²) in [7, 11) is 0. The monoisotopic (exact) mass is 354 g/mol. The van der Waals surface area contributed by atoms with Gasteiger partial charge in [0, 0.05) is 15.3 Å². The highest BCUT2D eigenvalue weighted by Crippen LogP contribution is 2.28. The maximum atomic E-state index is 11.3. The molecular weight excluding hydrogens is 343 g/mol. The second-order valence-corrected chi connectivity index (χ2v) is 4.92. The van der Waals surface area contributed by atoms with Crippen LogP contribution in [-0.4, -0.2) is 5.91 Å². The van der Waals surface area contributed by atoms with Gasteiger partial charge in [-0.05, 0) is 52.9 Å². The van der Waals surface area contributed by atoms with E-state index >= 15 is 0 Å². The normalized spacial score (nSPS) is 10.1. The van der Waals surface area contributed by atoms with Crippen LogP contribution in [0.4, 0.5) is 5.69 Å². The van der Waals surface area contributed by atoms with Crippen LogP contribution in [0.5, 0.6) is 11.5 Å². The number of carbonyl (C=O) groups excluding carboxylic acids is 1. The highest BCUT2D eigenvalue weighted by molar-refractivity contribution is 14.1. The number of amides is 1. The molecule has 1 amide bonds. The quantitative estimate of drug-likeness (QED) is 0.657. The molecule has 0 atom stereocenters. The van der Waals surface area contributed by atoms with Gasteiger partial charge < -0.3 is 16.2 Å². The van der Waals surface area contributed by atoms with Gasteiger partial charge in [0.05, 0.1) is 5.56 Å². The molecule has 0 saturated heterocycles. The van der Waals surface area contributed by atoms with Gasteiger partial charge in [0.2, 0.25) is 0 Å².